The Morgan fingerprint density at radius 1 is 1.07 bits per heavy atom. The number of aryl methyl sites for hydroxylation is 3. The van der Waals surface area contributed by atoms with E-state index >= 15 is 0 Å². The molecule has 0 unspecified atom stereocenters. The van der Waals surface area contributed by atoms with Gasteiger partial charge in [-0.3, -0.25) is 4.68 Å². The maximum Gasteiger partial charge on any atom is 0.0992 e. The van der Waals surface area contributed by atoms with Gasteiger partial charge in [0.1, 0.15) is 0 Å². The molecule has 0 atom stereocenters. The van der Waals surface area contributed by atoms with E-state index in [2.05, 4.69) is 102 Å². The van der Waals surface area contributed by atoms with Crippen molar-refractivity contribution >= 4 is 27.3 Å². The molecule has 2 aromatic carbocycles. The van der Waals surface area contributed by atoms with Crippen LogP contribution < -0.4 is 4.90 Å². The molecule has 0 aliphatic rings. The Morgan fingerprint density at radius 2 is 1.87 bits per heavy atom. The van der Waals surface area contributed by atoms with Crippen molar-refractivity contribution < 1.29 is 0 Å². The van der Waals surface area contributed by atoms with Gasteiger partial charge in [-0.15, -0.1) is 0 Å². The first-order chi connectivity index (χ1) is 14.4. The van der Waals surface area contributed by atoms with Gasteiger partial charge in [0.2, 0.25) is 0 Å². The van der Waals surface area contributed by atoms with Crippen molar-refractivity contribution in [2.45, 2.75) is 34.2 Å². The van der Waals surface area contributed by atoms with Crippen LogP contribution in [-0.2, 0) is 6.54 Å². The van der Waals surface area contributed by atoms with Gasteiger partial charge < -0.3 is 9.47 Å². The third kappa shape index (κ3) is 3.56. The van der Waals surface area contributed by atoms with Crippen LogP contribution >= 0.6 is 15.9 Å². The lowest BCUT2D eigenvalue weighted by Gasteiger charge is -2.23. The molecule has 0 N–H and O–H groups in total. The molecule has 5 nitrogen and oxygen atoms in total. The summed E-state index contributed by atoms with van der Waals surface area (Å²) in [4.78, 5) is 6.37. The van der Waals surface area contributed by atoms with E-state index in [1.54, 1.807) is 12.5 Å². The van der Waals surface area contributed by atoms with Gasteiger partial charge in [-0.1, -0.05) is 12.1 Å². The molecule has 0 aliphatic heterocycles. The second-order valence-electron chi connectivity index (χ2n) is 7.53. The molecule has 4 rings (SSSR count). The quantitative estimate of drug-likeness (QED) is 0.353. The zero-order valence-corrected chi connectivity index (χ0v) is 19.6. The minimum atomic E-state index is 0.878. The second kappa shape index (κ2) is 8.11. The average Bonchev–Trinajstić information content (AvgIpc) is 3.36. The maximum absolute atomic E-state index is 4.70. The number of nitrogens with zero attached hydrogens (tertiary/aromatic N) is 5. The summed E-state index contributed by atoms with van der Waals surface area (Å²) in [6.45, 7) is 9.39. The van der Waals surface area contributed by atoms with Gasteiger partial charge in [-0.25, -0.2) is 4.98 Å². The highest BCUT2D eigenvalue weighted by atomic mass is 79.9. The summed E-state index contributed by atoms with van der Waals surface area (Å²) >= 11 is 3.72. The Kier molecular flexibility index (Phi) is 5.52. The highest BCUT2D eigenvalue weighted by Gasteiger charge is 2.16. The number of rotatable bonds is 5. The first kappa shape index (κ1) is 20.4. The number of imidazole rings is 1. The zero-order valence-electron chi connectivity index (χ0n) is 18.0. The number of hydrogen-bond acceptors (Lipinski definition) is 3. The Balaban J connectivity index is 1.73. The molecule has 0 fully saturated rings. The second-order valence-corrected chi connectivity index (χ2v) is 8.38. The summed E-state index contributed by atoms with van der Waals surface area (Å²) in [6, 6.07) is 13.0. The molecule has 0 amide bonds. The fourth-order valence-electron chi connectivity index (χ4n) is 4.00. The van der Waals surface area contributed by atoms with E-state index in [0.29, 0.717) is 0 Å². The lowest BCUT2D eigenvalue weighted by Crippen LogP contribution is -2.11. The number of halogens is 1. The first-order valence-corrected chi connectivity index (χ1v) is 10.9. The molecule has 0 saturated heterocycles. The topological polar surface area (TPSA) is 38.9 Å². The van der Waals surface area contributed by atoms with Gasteiger partial charge in [0.05, 0.1) is 17.7 Å². The number of aromatic nitrogens is 4. The molecular weight excluding hydrogens is 438 g/mol. The van der Waals surface area contributed by atoms with Crippen LogP contribution in [0.1, 0.15) is 23.9 Å². The molecule has 30 heavy (non-hydrogen) atoms. The van der Waals surface area contributed by atoms with Crippen LogP contribution in [0.5, 0.6) is 0 Å². The van der Waals surface area contributed by atoms with Crippen LogP contribution in [-0.4, -0.2) is 26.4 Å². The van der Waals surface area contributed by atoms with Gasteiger partial charge >= 0.3 is 0 Å². The molecule has 6 heteroatoms. The molecule has 2 aromatic heterocycles. The van der Waals surface area contributed by atoms with Crippen LogP contribution in [0, 0.1) is 20.8 Å². The standard InChI is InChI=1S/C24H26BrN5/c1-6-30-18(4)24(17(3)27-30)19-8-7-16(2)23(13-19)28(5)20-9-10-22(21(25)14-20)29-12-11-26-15-29/h7-15H,6H2,1-5H3. The molecule has 0 saturated carbocycles. The van der Waals surface area contributed by atoms with E-state index in [0.717, 1.165) is 28.1 Å². The van der Waals surface area contributed by atoms with Crippen molar-refractivity contribution in [3.05, 3.63) is 76.5 Å². The maximum atomic E-state index is 4.70. The number of anilines is 2. The molecule has 154 valence electrons. The lowest BCUT2D eigenvalue weighted by molar-refractivity contribution is 0.634. The zero-order chi connectivity index (χ0) is 21.4. The van der Waals surface area contributed by atoms with Crippen LogP contribution in [0.2, 0.25) is 0 Å². The smallest absolute Gasteiger partial charge is 0.0992 e. The molecule has 2 heterocycles. The molecule has 0 spiro atoms. The van der Waals surface area contributed by atoms with Gasteiger partial charge in [0.15, 0.2) is 0 Å². The Hall–Kier alpha value is -2.86. The largest absolute Gasteiger partial charge is 0.344 e. The molecule has 0 bridgehead atoms. The van der Waals surface area contributed by atoms with E-state index < -0.39 is 0 Å². The molecular formula is C24H26BrN5. The fraction of sp³-hybridized carbons (Fsp3) is 0.250. The van der Waals surface area contributed by atoms with Crippen molar-refractivity contribution in [3.63, 3.8) is 0 Å². The summed E-state index contributed by atoms with van der Waals surface area (Å²) < 4.78 is 5.09. The van der Waals surface area contributed by atoms with Crippen molar-refractivity contribution in [2.75, 3.05) is 11.9 Å². The van der Waals surface area contributed by atoms with E-state index in [4.69, 9.17) is 5.10 Å². The summed E-state index contributed by atoms with van der Waals surface area (Å²) in [5, 5.41) is 4.70. The minimum Gasteiger partial charge on any atom is -0.344 e. The van der Waals surface area contributed by atoms with Crippen molar-refractivity contribution in [1.29, 1.82) is 0 Å². The molecule has 0 radical (unpaired) electrons. The Morgan fingerprint density at radius 3 is 2.50 bits per heavy atom. The Bertz CT molecular complexity index is 1190. The van der Waals surface area contributed by atoms with Crippen LogP contribution in [0.4, 0.5) is 11.4 Å². The highest BCUT2D eigenvalue weighted by Crippen LogP contribution is 2.35. The predicted molar refractivity (Wildman–Crippen MR) is 127 cm³/mol. The van der Waals surface area contributed by atoms with Crippen molar-refractivity contribution in [3.8, 4) is 16.8 Å². The van der Waals surface area contributed by atoms with Gasteiger partial charge in [-0.05, 0) is 79.0 Å². The van der Waals surface area contributed by atoms with Crippen LogP contribution in [0.3, 0.4) is 0 Å². The minimum absolute atomic E-state index is 0.878. The molecule has 0 aliphatic carbocycles. The fourth-order valence-corrected chi connectivity index (χ4v) is 4.57. The highest BCUT2D eigenvalue weighted by molar-refractivity contribution is 9.10. The number of benzene rings is 2. The summed E-state index contributed by atoms with van der Waals surface area (Å²) in [7, 11) is 2.11. The molecule has 4 aromatic rings. The third-order valence-electron chi connectivity index (χ3n) is 5.64. The van der Waals surface area contributed by atoms with Gasteiger partial charge in [-0.2, -0.15) is 5.10 Å². The summed E-state index contributed by atoms with van der Waals surface area (Å²) in [6.07, 6.45) is 5.53. The van der Waals surface area contributed by atoms with E-state index in [9.17, 15) is 0 Å². The van der Waals surface area contributed by atoms with Gasteiger partial charge in [0, 0.05) is 53.1 Å². The van der Waals surface area contributed by atoms with E-state index in [-0.39, 0.29) is 0 Å². The monoisotopic (exact) mass is 463 g/mol. The third-order valence-corrected chi connectivity index (χ3v) is 6.28. The summed E-state index contributed by atoms with van der Waals surface area (Å²) in [5.74, 6) is 0. The lowest BCUT2D eigenvalue weighted by atomic mass is 10.0. The summed E-state index contributed by atoms with van der Waals surface area (Å²) in [5.41, 5.74) is 9.29. The van der Waals surface area contributed by atoms with Crippen molar-refractivity contribution in [1.82, 2.24) is 19.3 Å². The first-order valence-electron chi connectivity index (χ1n) is 10.1. The van der Waals surface area contributed by atoms with E-state index in [1.807, 2.05) is 10.8 Å². The predicted octanol–water partition coefficient (Wildman–Crippen LogP) is 6.21. The van der Waals surface area contributed by atoms with Gasteiger partial charge in [0.25, 0.3) is 0 Å². The van der Waals surface area contributed by atoms with Crippen LogP contribution in [0.15, 0.2) is 59.6 Å². The Labute approximate surface area is 186 Å². The average molecular weight is 464 g/mol. The van der Waals surface area contributed by atoms with Crippen LogP contribution in [0.25, 0.3) is 16.8 Å². The van der Waals surface area contributed by atoms with E-state index in [1.165, 1.54) is 28.1 Å². The normalized spacial score (nSPS) is 11.1. The number of hydrogen-bond donors (Lipinski definition) is 0. The SMILES string of the molecule is CCn1nc(C)c(-c2ccc(C)c(N(C)c3ccc(-n4ccnc4)c(Br)c3)c2)c1C. The van der Waals surface area contributed by atoms with Crippen molar-refractivity contribution in [2.24, 2.45) is 0 Å².